The average Bonchev–Trinajstić information content (AvgIpc) is 2.38. The van der Waals surface area contributed by atoms with Crippen molar-refractivity contribution in [1.82, 2.24) is 0 Å². The van der Waals surface area contributed by atoms with Gasteiger partial charge in [0.15, 0.2) is 0 Å². The molecular formula is C14H22O. The topological polar surface area (TPSA) is 9.23 Å². The van der Waals surface area contributed by atoms with Gasteiger partial charge in [0.2, 0.25) is 0 Å². The van der Waals surface area contributed by atoms with Gasteiger partial charge in [0.25, 0.3) is 0 Å². The van der Waals surface area contributed by atoms with Crippen molar-refractivity contribution in [3.05, 3.63) is 12.2 Å². The Labute approximate surface area is 92.9 Å². The molecule has 1 saturated heterocycles. The minimum absolute atomic E-state index is 0.0810. The highest BCUT2D eigenvalue weighted by molar-refractivity contribution is 5.22. The van der Waals surface area contributed by atoms with Crippen molar-refractivity contribution in [3.8, 4) is 0 Å². The van der Waals surface area contributed by atoms with Crippen LogP contribution in [0.1, 0.15) is 52.9 Å². The molecule has 1 aliphatic heterocycles. The molecule has 0 aromatic carbocycles. The van der Waals surface area contributed by atoms with E-state index in [1.54, 1.807) is 0 Å². The van der Waals surface area contributed by atoms with Gasteiger partial charge in [0.1, 0.15) is 0 Å². The Bertz CT molecular complexity index is 317. The first-order chi connectivity index (χ1) is 6.98. The molecule has 84 valence electrons. The van der Waals surface area contributed by atoms with Gasteiger partial charge >= 0.3 is 0 Å². The maximum atomic E-state index is 6.48. The van der Waals surface area contributed by atoms with Crippen LogP contribution >= 0.6 is 0 Å². The van der Waals surface area contributed by atoms with E-state index in [2.05, 4.69) is 32.9 Å². The summed E-state index contributed by atoms with van der Waals surface area (Å²) in [5.74, 6) is 0.772. The highest BCUT2D eigenvalue weighted by atomic mass is 16.5. The zero-order valence-electron chi connectivity index (χ0n) is 10.2. The Morgan fingerprint density at radius 3 is 2.80 bits per heavy atom. The summed E-state index contributed by atoms with van der Waals surface area (Å²) in [6, 6.07) is 0. The SMILES string of the molecule is CC1(C)O[C@@]23C=CCCC2(C)CC[C@@H]1C3. The minimum atomic E-state index is 0.0810. The lowest BCUT2D eigenvalue weighted by Crippen LogP contribution is -2.48. The van der Waals surface area contributed by atoms with E-state index < -0.39 is 0 Å². The van der Waals surface area contributed by atoms with Crippen LogP contribution in [0.4, 0.5) is 0 Å². The molecule has 1 nitrogen and oxygen atoms in total. The summed E-state index contributed by atoms with van der Waals surface area (Å²) in [4.78, 5) is 0. The molecule has 1 saturated carbocycles. The predicted molar refractivity (Wildman–Crippen MR) is 61.7 cm³/mol. The summed E-state index contributed by atoms with van der Waals surface area (Å²) < 4.78 is 6.48. The standard InChI is InChI=1S/C14H22O/c1-12(2)11-6-9-13(3)7-4-5-8-14(13,10-11)15-12/h5,8,11H,4,6-7,9-10H2,1-3H3/t11-,13?,14-/m1/s1. The lowest BCUT2D eigenvalue weighted by atomic mass is 9.58. The van der Waals surface area contributed by atoms with Crippen LogP contribution in [0.3, 0.4) is 0 Å². The Balaban J connectivity index is 2.06. The fourth-order valence-corrected chi connectivity index (χ4v) is 4.05. The molecule has 0 aromatic rings. The smallest absolute Gasteiger partial charge is 0.0926 e. The summed E-state index contributed by atoms with van der Waals surface area (Å²) in [5, 5.41) is 0. The van der Waals surface area contributed by atoms with Gasteiger partial charge in [-0.25, -0.2) is 0 Å². The number of rotatable bonds is 0. The molecule has 1 heterocycles. The molecule has 0 N–H and O–H groups in total. The summed E-state index contributed by atoms with van der Waals surface area (Å²) in [7, 11) is 0. The third-order valence-corrected chi connectivity index (χ3v) is 5.29. The van der Waals surface area contributed by atoms with Crippen LogP contribution in [-0.2, 0) is 4.74 Å². The second-order valence-corrected chi connectivity index (χ2v) is 6.54. The van der Waals surface area contributed by atoms with Gasteiger partial charge < -0.3 is 4.74 Å². The summed E-state index contributed by atoms with van der Waals surface area (Å²) >= 11 is 0. The number of ether oxygens (including phenoxy) is 1. The summed E-state index contributed by atoms with van der Waals surface area (Å²) in [5.41, 5.74) is 0.586. The first-order valence-corrected chi connectivity index (χ1v) is 6.35. The maximum absolute atomic E-state index is 6.48. The van der Waals surface area contributed by atoms with Crippen molar-refractivity contribution >= 4 is 0 Å². The molecule has 0 amide bonds. The minimum Gasteiger partial charge on any atom is -0.364 e. The van der Waals surface area contributed by atoms with E-state index in [9.17, 15) is 0 Å². The fraction of sp³-hybridized carbons (Fsp3) is 0.857. The van der Waals surface area contributed by atoms with Crippen LogP contribution in [-0.4, -0.2) is 11.2 Å². The van der Waals surface area contributed by atoms with Gasteiger partial charge in [-0.2, -0.15) is 0 Å². The quantitative estimate of drug-likeness (QED) is 0.549. The Morgan fingerprint density at radius 2 is 2.00 bits per heavy atom. The number of hydrogen-bond acceptors (Lipinski definition) is 1. The van der Waals surface area contributed by atoms with Gasteiger partial charge in [-0.15, -0.1) is 0 Å². The molecule has 15 heavy (non-hydrogen) atoms. The second-order valence-electron chi connectivity index (χ2n) is 6.54. The molecular weight excluding hydrogens is 184 g/mol. The number of hydrogen-bond donors (Lipinski definition) is 0. The molecule has 1 heteroatoms. The van der Waals surface area contributed by atoms with Crippen LogP contribution < -0.4 is 0 Å². The Hall–Kier alpha value is -0.300. The van der Waals surface area contributed by atoms with E-state index in [4.69, 9.17) is 4.74 Å². The molecule has 0 radical (unpaired) electrons. The summed E-state index contributed by atoms with van der Waals surface area (Å²) in [6.07, 6.45) is 11.2. The van der Waals surface area contributed by atoms with E-state index in [-0.39, 0.29) is 11.2 Å². The Morgan fingerprint density at radius 1 is 1.20 bits per heavy atom. The first kappa shape index (κ1) is 9.89. The Kier molecular flexibility index (Phi) is 1.77. The van der Waals surface area contributed by atoms with Crippen LogP contribution in [0.2, 0.25) is 0 Å². The van der Waals surface area contributed by atoms with Crippen molar-refractivity contribution in [3.63, 3.8) is 0 Å². The molecule has 0 aromatic heterocycles. The molecule has 3 rings (SSSR count). The van der Waals surface area contributed by atoms with E-state index in [1.807, 2.05) is 0 Å². The third kappa shape index (κ3) is 1.13. The highest BCUT2D eigenvalue weighted by Gasteiger charge is 2.61. The van der Waals surface area contributed by atoms with E-state index in [1.165, 1.54) is 32.1 Å². The van der Waals surface area contributed by atoms with Crippen molar-refractivity contribution < 1.29 is 4.74 Å². The maximum Gasteiger partial charge on any atom is 0.0926 e. The van der Waals surface area contributed by atoms with Crippen LogP contribution in [0.15, 0.2) is 12.2 Å². The molecule has 1 unspecified atom stereocenters. The second kappa shape index (κ2) is 2.68. The van der Waals surface area contributed by atoms with Crippen LogP contribution in [0.25, 0.3) is 0 Å². The first-order valence-electron chi connectivity index (χ1n) is 6.35. The van der Waals surface area contributed by atoms with Gasteiger partial charge in [0.05, 0.1) is 11.2 Å². The van der Waals surface area contributed by atoms with E-state index in [0.717, 1.165) is 5.92 Å². The largest absolute Gasteiger partial charge is 0.364 e. The van der Waals surface area contributed by atoms with Crippen molar-refractivity contribution in [1.29, 1.82) is 0 Å². The van der Waals surface area contributed by atoms with E-state index in [0.29, 0.717) is 5.41 Å². The van der Waals surface area contributed by atoms with Crippen molar-refractivity contribution in [2.24, 2.45) is 11.3 Å². The average molecular weight is 206 g/mol. The van der Waals surface area contributed by atoms with Crippen molar-refractivity contribution in [2.75, 3.05) is 0 Å². The molecule has 3 aliphatic rings. The van der Waals surface area contributed by atoms with Crippen LogP contribution in [0, 0.1) is 11.3 Å². The predicted octanol–water partition coefficient (Wildman–Crippen LogP) is 3.69. The van der Waals surface area contributed by atoms with Crippen molar-refractivity contribution in [2.45, 2.75) is 64.1 Å². The lowest BCUT2D eigenvalue weighted by Gasteiger charge is -2.49. The highest BCUT2D eigenvalue weighted by Crippen LogP contribution is 2.62. The monoisotopic (exact) mass is 206 g/mol. The molecule has 2 fully saturated rings. The third-order valence-electron chi connectivity index (χ3n) is 5.29. The normalized spacial score (nSPS) is 51.5. The van der Waals surface area contributed by atoms with Gasteiger partial charge in [-0.1, -0.05) is 19.1 Å². The molecule has 1 spiro atoms. The number of allylic oxidation sites excluding steroid dienone is 1. The van der Waals surface area contributed by atoms with Crippen LogP contribution in [0.5, 0.6) is 0 Å². The molecule has 2 aliphatic carbocycles. The van der Waals surface area contributed by atoms with Gasteiger partial charge in [0, 0.05) is 5.41 Å². The molecule has 3 atom stereocenters. The zero-order chi connectivity index (χ0) is 10.7. The zero-order valence-corrected chi connectivity index (χ0v) is 10.2. The number of fused-ring (bicyclic) bond motifs is 1. The van der Waals surface area contributed by atoms with Gasteiger partial charge in [-0.3, -0.25) is 0 Å². The van der Waals surface area contributed by atoms with Gasteiger partial charge in [-0.05, 0) is 51.9 Å². The van der Waals surface area contributed by atoms with E-state index >= 15 is 0 Å². The molecule has 2 bridgehead atoms. The summed E-state index contributed by atoms with van der Waals surface area (Å²) in [6.45, 7) is 7.00. The fourth-order valence-electron chi connectivity index (χ4n) is 4.05. The lowest BCUT2D eigenvalue weighted by molar-refractivity contribution is -0.123.